The highest BCUT2D eigenvalue weighted by Gasteiger charge is 2.25. The molecule has 1 aromatic heterocycles. The van der Waals surface area contributed by atoms with Gasteiger partial charge in [-0.25, -0.2) is 9.18 Å². The van der Waals surface area contributed by atoms with Crippen LogP contribution in [0.4, 0.5) is 20.6 Å². The Hall–Kier alpha value is -4.17. The molecule has 3 amide bonds. The molecule has 4 aromatic rings. The number of anilines is 2. The number of aromatic nitrogens is 1. The summed E-state index contributed by atoms with van der Waals surface area (Å²) in [6, 6.07) is 19.9. The van der Waals surface area contributed by atoms with Crippen LogP contribution in [0.1, 0.15) is 21.7 Å². The predicted molar refractivity (Wildman–Crippen MR) is 128 cm³/mol. The molecule has 0 radical (unpaired) electrons. The number of para-hydroxylation sites is 1. The van der Waals surface area contributed by atoms with E-state index >= 15 is 0 Å². The highest BCUT2D eigenvalue weighted by atomic mass is 35.5. The average Bonchev–Trinajstić information content (AvgIpc) is 3.19. The van der Waals surface area contributed by atoms with Crippen molar-refractivity contribution in [3.8, 4) is 11.3 Å². The summed E-state index contributed by atoms with van der Waals surface area (Å²) in [6.07, 6.45) is 0. The number of carbonyl (C=O) groups is 2. The van der Waals surface area contributed by atoms with Gasteiger partial charge in [0, 0.05) is 17.9 Å². The second-order valence-electron chi connectivity index (χ2n) is 7.39. The zero-order chi connectivity index (χ0) is 24.1. The van der Waals surface area contributed by atoms with E-state index < -0.39 is 11.7 Å². The molecule has 3 N–H and O–H groups in total. The first-order chi connectivity index (χ1) is 16.4. The molecule has 0 saturated carbocycles. The summed E-state index contributed by atoms with van der Waals surface area (Å²) in [5, 5.41) is 12.2. The SMILES string of the molecule is Cc1onc(-c2c(F)cccc2Cl)c1C(=O)NCc1cccc(NC(=O)Nc2ccccc2)c1. The van der Waals surface area contributed by atoms with Gasteiger partial charge in [0.05, 0.1) is 10.6 Å². The zero-order valence-corrected chi connectivity index (χ0v) is 18.8. The number of nitrogens with one attached hydrogen (secondary N) is 3. The Labute approximate surface area is 199 Å². The van der Waals surface area contributed by atoms with Gasteiger partial charge >= 0.3 is 6.03 Å². The Balaban J connectivity index is 1.44. The van der Waals surface area contributed by atoms with Crippen molar-refractivity contribution in [2.24, 2.45) is 0 Å². The maximum atomic E-state index is 14.4. The highest BCUT2D eigenvalue weighted by Crippen LogP contribution is 2.33. The van der Waals surface area contributed by atoms with Gasteiger partial charge in [0.15, 0.2) is 0 Å². The van der Waals surface area contributed by atoms with E-state index in [1.807, 2.05) is 18.2 Å². The molecular weight excluding hydrogens is 459 g/mol. The van der Waals surface area contributed by atoms with Crippen molar-refractivity contribution in [2.75, 3.05) is 10.6 Å². The quantitative estimate of drug-likeness (QED) is 0.316. The van der Waals surface area contributed by atoms with Crippen molar-refractivity contribution in [3.63, 3.8) is 0 Å². The largest absolute Gasteiger partial charge is 0.360 e. The molecule has 0 bridgehead atoms. The van der Waals surface area contributed by atoms with Gasteiger partial charge in [0.1, 0.15) is 22.8 Å². The van der Waals surface area contributed by atoms with Crippen LogP contribution in [0.2, 0.25) is 5.02 Å². The number of halogens is 2. The molecule has 0 saturated heterocycles. The van der Waals surface area contributed by atoms with Crippen LogP contribution in [0.25, 0.3) is 11.3 Å². The van der Waals surface area contributed by atoms with Gasteiger partial charge in [0.25, 0.3) is 5.91 Å². The summed E-state index contributed by atoms with van der Waals surface area (Å²) in [5.41, 5.74) is 2.10. The van der Waals surface area contributed by atoms with E-state index in [0.717, 1.165) is 5.56 Å². The third-order valence-electron chi connectivity index (χ3n) is 4.96. The summed E-state index contributed by atoms with van der Waals surface area (Å²) < 4.78 is 19.5. The molecule has 172 valence electrons. The van der Waals surface area contributed by atoms with Crippen LogP contribution in [-0.2, 0) is 6.54 Å². The third-order valence-corrected chi connectivity index (χ3v) is 5.27. The van der Waals surface area contributed by atoms with Crippen molar-refractivity contribution in [3.05, 3.63) is 101 Å². The number of hydrogen-bond donors (Lipinski definition) is 3. The third kappa shape index (κ3) is 5.24. The van der Waals surface area contributed by atoms with Crippen LogP contribution in [0.5, 0.6) is 0 Å². The zero-order valence-electron chi connectivity index (χ0n) is 18.1. The minimum absolute atomic E-state index is 0.00166. The van der Waals surface area contributed by atoms with Crippen molar-refractivity contribution < 1.29 is 18.5 Å². The average molecular weight is 479 g/mol. The maximum absolute atomic E-state index is 14.4. The second-order valence-corrected chi connectivity index (χ2v) is 7.79. The van der Waals surface area contributed by atoms with E-state index in [0.29, 0.717) is 11.4 Å². The van der Waals surface area contributed by atoms with Crippen molar-refractivity contribution >= 4 is 34.9 Å². The molecule has 1 heterocycles. The van der Waals surface area contributed by atoms with Crippen LogP contribution < -0.4 is 16.0 Å². The lowest BCUT2D eigenvalue weighted by Crippen LogP contribution is -2.24. The van der Waals surface area contributed by atoms with Crippen molar-refractivity contribution in [1.82, 2.24) is 10.5 Å². The van der Waals surface area contributed by atoms with Crippen LogP contribution in [0.3, 0.4) is 0 Å². The first-order valence-corrected chi connectivity index (χ1v) is 10.7. The van der Waals surface area contributed by atoms with Gasteiger partial charge in [-0.05, 0) is 48.9 Å². The normalized spacial score (nSPS) is 10.6. The minimum Gasteiger partial charge on any atom is -0.360 e. The van der Waals surface area contributed by atoms with E-state index in [4.69, 9.17) is 16.1 Å². The van der Waals surface area contributed by atoms with Crippen molar-refractivity contribution in [2.45, 2.75) is 13.5 Å². The van der Waals surface area contributed by atoms with Gasteiger partial charge in [-0.1, -0.05) is 53.2 Å². The van der Waals surface area contributed by atoms with Gasteiger partial charge in [-0.15, -0.1) is 0 Å². The molecule has 0 fully saturated rings. The Morgan fingerprint density at radius 3 is 2.44 bits per heavy atom. The lowest BCUT2D eigenvalue weighted by molar-refractivity contribution is 0.0950. The number of benzene rings is 3. The number of urea groups is 1. The Morgan fingerprint density at radius 2 is 1.68 bits per heavy atom. The topological polar surface area (TPSA) is 96.3 Å². The van der Waals surface area contributed by atoms with Crippen LogP contribution in [0.15, 0.2) is 77.3 Å². The summed E-state index contributed by atoms with van der Waals surface area (Å²) >= 11 is 6.14. The number of nitrogens with zero attached hydrogens (tertiary/aromatic N) is 1. The van der Waals surface area contributed by atoms with Crippen LogP contribution in [-0.4, -0.2) is 17.1 Å². The molecule has 34 heavy (non-hydrogen) atoms. The Morgan fingerprint density at radius 1 is 0.971 bits per heavy atom. The molecule has 0 aliphatic rings. The lowest BCUT2D eigenvalue weighted by atomic mass is 10.0. The monoisotopic (exact) mass is 478 g/mol. The minimum atomic E-state index is -0.609. The number of carbonyl (C=O) groups excluding carboxylic acids is 2. The molecule has 0 atom stereocenters. The number of rotatable bonds is 6. The fourth-order valence-electron chi connectivity index (χ4n) is 3.38. The number of aryl methyl sites for hydroxylation is 1. The summed E-state index contributed by atoms with van der Waals surface area (Å²) in [5.74, 6) is -0.865. The van der Waals surface area contributed by atoms with E-state index in [-0.39, 0.29) is 40.2 Å². The standard InChI is InChI=1S/C25H20ClFN4O3/c1-15-21(23(31-34-15)22-19(26)11-6-12-20(22)27)24(32)28-14-16-7-5-10-18(13-16)30-25(33)29-17-8-3-2-4-9-17/h2-13H,14H2,1H3,(H,28,32)(H2,29,30,33). The highest BCUT2D eigenvalue weighted by molar-refractivity contribution is 6.33. The summed E-state index contributed by atoms with van der Waals surface area (Å²) in [4.78, 5) is 25.2. The van der Waals surface area contributed by atoms with Gasteiger partial charge in [-0.3, -0.25) is 4.79 Å². The fraction of sp³-hybridized carbons (Fsp3) is 0.0800. The van der Waals surface area contributed by atoms with Crippen LogP contribution in [0, 0.1) is 12.7 Å². The van der Waals surface area contributed by atoms with Crippen LogP contribution >= 0.6 is 11.6 Å². The van der Waals surface area contributed by atoms with E-state index in [1.165, 1.54) is 18.2 Å². The second kappa shape index (κ2) is 10.2. The Kier molecular flexibility index (Phi) is 6.89. The van der Waals surface area contributed by atoms with E-state index in [2.05, 4.69) is 21.1 Å². The molecule has 0 aliphatic carbocycles. The number of hydrogen-bond acceptors (Lipinski definition) is 4. The first-order valence-electron chi connectivity index (χ1n) is 10.3. The molecule has 7 nitrogen and oxygen atoms in total. The number of amides is 3. The van der Waals surface area contributed by atoms with E-state index in [9.17, 15) is 14.0 Å². The lowest BCUT2D eigenvalue weighted by Gasteiger charge is -2.10. The van der Waals surface area contributed by atoms with Gasteiger partial charge < -0.3 is 20.5 Å². The molecule has 0 aliphatic heterocycles. The predicted octanol–water partition coefficient (Wildman–Crippen LogP) is 6.02. The molecule has 3 aromatic carbocycles. The van der Waals surface area contributed by atoms with Gasteiger partial charge in [0.2, 0.25) is 0 Å². The molecule has 4 rings (SSSR count). The van der Waals surface area contributed by atoms with Crippen molar-refractivity contribution in [1.29, 1.82) is 0 Å². The smallest absolute Gasteiger partial charge is 0.323 e. The van der Waals surface area contributed by atoms with E-state index in [1.54, 1.807) is 43.3 Å². The first kappa shape index (κ1) is 23.0. The molecule has 0 unspecified atom stereocenters. The molecule has 0 spiro atoms. The Bertz CT molecular complexity index is 1320. The van der Waals surface area contributed by atoms with Gasteiger partial charge in [-0.2, -0.15) is 0 Å². The maximum Gasteiger partial charge on any atom is 0.323 e. The molecular formula is C25H20ClFN4O3. The fourth-order valence-corrected chi connectivity index (χ4v) is 3.63. The summed E-state index contributed by atoms with van der Waals surface area (Å²) in [6.45, 7) is 1.72. The molecule has 9 heteroatoms. The summed E-state index contributed by atoms with van der Waals surface area (Å²) in [7, 11) is 0.